The molecule has 0 fully saturated rings. The van der Waals surface area contributed by atoms with Gasteiger partial charge in [0.1, 0.15) is 5.57 Å². The van der Waals surface area contributed by atoms with E-state index in [-0.39, 0.29) is 12.6 Å². The standard InChI is InChI=1S/C8H14O2.C6H8O4/c1-4-5-6-10-8(9)7(2)3;1-3-10-6(9)4(2)5(7)8/h2,4-6H2,1,3H3;2-3H2,1H3,(H,7,8). The minimum Gasteiger partial charge on any atom is -0.477 e. The molecule has 0 heterocycles. The molecule has 0 saturated heterocycles. The van der Waals surface area contributed by atoms with E-state index in [4.69, 9.17) is 9.84 Å². The lowest BCUT2D eigenvalue weighted by Crippen LogP contribution is -2.13. The van der Waals surface area contributed by atoms with Gasteiger partial charge in [0.05, 0.1) is 13.2 Å². The van der Waals surface area contributed by atoms with Crippen molar-refractivity contribution in [2.24, 2.45) is 0 Å². The van der Waals surface area contributed by atoms with Gasteiger partial charge in [-0.3, -0.25) is 0 Å². The molecule has 0 unspecified atom stereocenters. The maximum absolute atomic E-state index is 10.7. The van der Waals surface area contributed by atoms with Gasteiger partial charge in [-0.25, -0.2) is 14.4 Å². The lowest BCUT2D eigenvalue weighted by molar-refractivity contribution is -0.144. The van der Waals surface area contributed by atoms with E-state index in [1.165, 1.54) is 0 Å². The number of carboxylic acids is 1. The molecule has 0 aliphatic rings. The maximum atomic E-state index is 10.7. The topological polar surface area (TPSA) is 89.9 Å². The third-order valence-electron chi connectivity index (χ3n) is 1.86. The molecule has 0 saturated carbocycles. The summed E-state index contributed by atoms with van der Waals surface area (Å²) < 4.78 is 9.15. The summed E-state index contributed by atoms with van der Waals surface area (Å²) in [4.78, 5) is 31.2. The molecule has 6 nitrogen and oxygen atoms in total. The Kier molecular flexibility index (Phi) is 12.1. The summed E-state index contributed by atoms with van der Waals surface area (Å²) in [6, 6.07) is 0. The van der Waals surface area contributed by atoms with Gasteiger partial charge in [-0.1, -0.05) is 26.5 Å². The highest BCUT2D eigenvalue weighted by molar-refractivity contribution is 6.12. The van der Waals surface area contributed by atoms with E-state index < -0.39 is 17.5 Å². The second kappa shape index (κ2) is 12.0. The lowest BCUT2D eigenvalue weighted by Gasteiger charge is -2.01. The highest BCUT2D eigenvalue weighted by Crippen LogP contribution is 1.94. The number of aliphatic carboxylic acids is 1. The zero-order chi connectivity index (χ0) is 16.1. The Morgan fingerprint density at radius 3 is 1.95 bits per heavy atom. The van der Waals surface area contributed by atoms with Crippen molar-refractivity contribution in [3.63, 3.8) is 0 Å². The predicted molar refractivity (Wildman–Crippen MR) is 74.1 cm³/mol. The number of unbranched alkanes of at least 4 members (excludes halogenated alkanes) is 1. The highest BCUT2D eigenvalue weighted by atomic mass is 16.5. The molecule has 6 heteroatoms. The van der Waals surface area contributed by atoms with Crippen molar-refractivity contribution in [3.8, 4) is 0 Å². The molecule has 0 aromatic rings. The van der Waals surface area contributed by atoms with Gasteiger partial charge in [0.2, 0.25) is 0 Å². The quantitative estimate of drug-likeness (QED) is 0.253. The van der Waals surface area contributed by atoms with E-state index in [0.29, 0.717) is 12.2 Å². The third-order valence-corrected chi connectivity index (χ3v) is 1.86. The average Bonchev–Trinajstić information content (AvgIpc) is 2.38. The Hall–Kier alpha value is -2.11. The number of carbonyl (C=O) groups excluding carboxylic acids is 2. The van der Waals surface area contributed by atoms with Gasteiger partial charge in [0.15, 0.2) is 0 Å². The third kappa shape index (κ3) is 11.0. The van der Waals surface area contributed by atoms with Crippen LogP contribution in [-0.2, 0) is 23.9 Å². The van der Waals surface area contributed by atoms with Gasteiger partial charge in [0, 0.05) is 5.57 Å². The molecule has 20 heavy (non-hydrogen) atoms. The van der Waals surface area contributed by atoms with Gasteiger partial charge in [-0.15, -0.1) is 0 Å². The highest BCUT2D eigenvalue weighted by Gasteiger charge is 2.14. The molecule has 0 aliphatic heterocycles. The first-order valence-electron chi connectivity index (χ1n) is 6.19. The normalized spacial score (nSPS) is 8.75. The summed E-state index contributed by atoms with van der Waals surface area (Å²) in [7, 11) is 0. The van der Waals surface area contributed by atoms with E-state index in [0.717, 1.165) is 12.8 Å². The molecule has 0 rings (SSSR count). The SMILES string of the molecule is C=C(C(=O)O)C(=O)OCC.C=C(C)C(=O)OCCCC. The van der Waals surface area contributed by atoms with Crippen LogP contribution in [0.1, 0.15) is 33.6 Å². The number of esters is 2. The largest absolute Gasteiger partial charge is 0.477 e. The minimum atomic E-state index is -1.35. The summed E-state index contributed by atoms with van der Waals surface area (Å²) in [6.45, 7) is 12.4. The summed E-state index contributed by atoms with van der Waals surface area (Å²) in [6.07, 6.45) is 1.97. The molecule has 0 amide bonds. The molecule has 0 bridgehead atoms. The Bertz CT molecular complexity index is 370. The molecule has 0 atom stereocenters. The predicted octanol–water partition coefficient (Wildman–Crippen LogP) is 2.10. The second-order valence-electron chi connectivity index (χ2n) is 3.77. The van der Waals surface area contributed by atoms with Crippen molar-refractivity contribution in [1.82, 2.24) is 0 Å². The Labute approximate surface area is 119 Å². The van der Waals surface area contributed by atoms with Crippen LogP contribution in [0, 0.1) is 0 Å². The van der Waals surface area contributed by atoms with Crippen LogP contribution in [0.2, 0.25) is 0 Å². The molecule has 0 aromatic carbocycles. The van der Waals surface area contributed by atoms with Crippen molar-refractivity contribution in [3.05, 3.63) is 24.3 Å². The van der Waals surface area contributed by atoms with Crippen molar-refractivity contribution in [2.45, 2.75) is 33.6 Å². The fraction of sp³-hybridized carbons (Fsp3) is 0.500. The zero-order valence-electron chi connectivity index (χ0n) is 12.2. The smallest absolute Gasteiger partial charge is 0.344 e. The minimum absolute atomic E-state index is 0.158. The van der Waals surface area contributed by atoms with Gasteiger partial charge in [0.25, 0.3) is 0 Å². The molecule has 0 aliphatic carbocycles. The molecule has 0 aromatic heterocycles. The number of carbonyl (C=O) groups is 3. The Morgan fingerprint density at radius 2 is 1.60 bits per heavy atom. The van der Waals surface area contributed by atoms with Crippen LogP contribution in [0.3, 0.4) is 0 Å². The van der Waals surface area contributed by atoms with Gasteiger partial charge in [-0.05, 0) is 20.3 Å². The van der Waals surface area contributed by atoms with E-state index in [1.807, 2.05) is 0 Å². The van der Waals surface area contributed by atoms with Gasteiger partial charge >= 0.3 is 17.9 Å². The van der Waals surface area contributed by atoms with Crippen molar-refractivity contribution in [2.75, 3.05) is 13.2 Å². The molecule has 0 radical (unpaired) electrons. The molecule has 1 N–H and O–H groups in total. The fourth-order valence-corrected chi connectivity index (χ4v) is 0.738. The van der Waals surface area contributed by atoms with Crippen LogP contribution in [0.4, 0.5) is 0 Å². The molecular formula is C14H22O6. The van der Waals surface area contributed by atoms with Crippen molar-refractivity contribution in [1.29, 1.82) is 0 Å². The number of rotatable bonds is 7. The van der Waals surface area contributed by atoms with Crippen LogP contribution in [0.15, 0.2) is 24.3 Å². The van der Waals surface area contributed by atoms with Gasteiger partial charge < -0.3 is 14.6 Å². The summed E-state index contributed by atoms with van der Waals surface area (Å²) >= 11 is 0. The Balaban J connectivity index is 0. The first-order valence-corrected chi connectivity index (χ1v) is 6.19. The number of hydrogen-bond donors (Lipinski definition) is 1. The van der Waals surface area contributed by atoms with Gasteiger partial charge in [-0.2, -0.15) is 0 Å². The maximum Gasteiger partial charge on any atom is 0.344 e. The van der Waals surface area contributed by atoms with Crippen LogP contribution < -0.4 is 0 Å². The van der Waals surface area contributed by atoms with Crippen LogP contribution in [0.5, 0.6) is 0 Å². The summed E-state index contributed by atoms with van der Waals surface area (Å²) in [5, 5.41) is 8.18. The number of ether oxygens (including phenoxy) is 2. The lowest BCUT2D eigenvalue weighted by atomic mass is 10.3. The van der Waals surface area contributed by atoms with Crippen molar-refractivity contribution >= 4 is 17.9 Å². The number of carboxylic acid groups (broad SMARTS) is 1. The van der Waals surface area contributed by atoms with E-state index in [1.54, 1.807) is 13.8 Å². The monoisotopic (exact) mass is 286 g/mol. The van der Waals surface area contributed by atoms with Crippen molar-refractivity contribution < 1.29 is 29.0 Å². The summed E-state index contributed by atoms with van der Waals surface area (Å²) in [5.74, 6) is -2.51. The van der Waals surface area contributed by atoms with Crippen LogP contribution in [-0.4, -0.2) is 36.2 Å². The van der Waals surface area contributed by atoms with E-state index in [2.05, 4.69) is 24.8 Å². The average molecular weight is 286 g/mol. The van der Waals surface area contributed by atoms with E-state index in [9.17, 15) is 14.4 Å². The first kappa shape index (κ1) is 20.2. The van der Waals surface area contributed by atoms with Crippen LogP contribution in [0.25, 0.3) is 0 Å². The molecule has 114 valence electrons. The second-order valence-corrected chi connectivity index (χ2v) is 3.77. The Morgan fingerprint density at radius 1 is 1.05 bits per heavy atom. The number of hydrogen-bond acceptors (Lipinski definition) is 5. The fourth-order valence-electron chi connectivity index (χ4n) is 0.738. The van der Waals surface area contributed by atoms with Crippen LogP contribution >= 0.6 is 0 Å². The van der Waals surface area contributed by atoms with E-state index >= 15 is 0 Å². The summed E-state index contributed by atoms with van der Waals surface area (Å²) in [5.41, 5.74) is -0.0713. The zero-order valence-corrected chi connectivity index (χ0v) is 12.2. The molecular weight excluding hydrogens is 264 g/mol. The first-order chi connectivity index (χ1) is 9.27. The molecule has 0 spiro atoms.